The number of anilines is 1. The van der Waals surface area contributed by atoms with E-state index in [1.165, 1.54) is 11.3 Å². The van der Waals surface area contributed by atoms with E-state index in [4.69, 9.17) is 0 Å². The highest BCUT2D eigenvalue weighted by atomic mass is 32.1. The van der Waals surface area contributed by atoms with Gasteiger partial charge in [-0.3, -0.25) is 9.36 Å². The molecule has 1 aliphatic carbocycles. The zero-order valence-corrected chi connectivity index (χ0v) is 20.8. The van der Waals surface area contributed by atoms with E-state index >= 15 is 0 Å². The highest BCUT2D eigenvalue weighted by Crippen LogP contribution is 2.33. The Balaban J connectivity index is 1.40. The summed E-state index contributed by atoms with van der Waals surface area (Å²) in [6.07, 6.45) is 5.90. The van der Waals surface area contributed by atoms with Gasteiger partial charge in [-0.25, -0.2) is 4.79 Å². The Morgan fingerprint density at radius 3 is 2.66 bits per heavy atom. The summed E-state index contributed by atoms with van der Waals surface area (Å²) in [5.74, 6) is -0.0402. The normalized spacial score (nSPS) is 18.2. The quantitative estimate of drug-likeness (QED) is 0.430. The molecule has 5 rings (SSSR count). The molecule has 35 heavy (non-hydrogen) atoms. The monoisotopic (exact) mass is 490 g/mol. The Bertz CT molecular complexity index is 1350. The van der Waals surface area contributed by atoms with Crippen LogP contribution in [0.4, 0.5) is 10.5 Å². The first-order valence-electron chi connectivity index (χ1n) is 11.9. The van der Waals surface area contributed by atoms with Crippen LogP contribution in [0, 0.1) is 13.8 Å². The summed E-state index contributed by atoms with van der Waals surface area (Å²) in [5, 5.41) is 17.3. The molecule has 0 radical (unpaired) electrons. The van der Waals surface area contributed by atoms with Crippen LogP contribution in [-0.2, 0) is 0 Å². The number of benzene rings is 1. The Kier molecular flexibility index (Phi) is 6.25. The van der Waals surface area contributed by atoms with Crippen LogP contribution in [-0.4, -0.2) is 51.7 Å². The number of β-amino-alcohol motifs (C(OH)–C–C–N with tert-alkyl or cyclic N) is 1. The van der Waals surface area contributed by atoms with Crippen LogP contribution < -0.4 is 10.6 Å². The van der Waals surface area contributed by atoms with Crippen molar-refractivity contribution in [3.63, 3.8) is 0 Å². The van der Waals surface area contributed by atoms with E-state index in [0.29, 0.717) is 30.4 Å². The fourth-order valence-corrected chi connectivity index (χ4v) is 5.67. The third-order valence-electron chi connectivity index (χ3n) is 6.48. The third-order valence-corrected chi connectivity index (χ3v) is 7.74. The maximum absolute atomic E-state index is 12.9. The second-order valence-corrected chi connectivity index (χ2v) is 10.4. The smallest absolute Gasteiger partial charge is 0.326 e. The Hall–Kier alpha value is -3.36. The molecule has 2 aromatic heterocycles. The molecule has 2 amide bonds. The number of nitrogens with one attached hydrogen (secondary N) is 2. The fraction of sp³-hybridized carbons (Fsp3) is 0.333. The van der Waals surface area contributed by atoms with Gasteiger partial charge in [0.15, 0.2) is 0 Å². The van der Waals surface area contributed by atoms with Gasteiger partial charge in [0.25, 0.3) is 5.91 Å². The lowest BCUT2D eigenvalue weighted by Crippen LogP contribution is -2.30. The van der Waals surface area contributed by atoms with Gasteiger partial charge in [-0.2, -0.15) is 0 Å². The van der Waals surface area contributed by atoms with Crippen LogP contribution in [0.3, 0.4) is 0 Å². The summed E-state index contributed by atoms with van der Waals surface area (Å²) in [6.45, 7) is 8.76. The van der Waals surface area contributed by atoms with Crippen molar-refractivity contribution in [1.82, 2.24) is 14.8 Å². The minimum absolute atomic E-state index is 0.0402. The number of aromatic nitrogens is 1. The molecule has 1 aliphatic heterocycles. The zero-order chi connectivity index (χ0) is 24.7. The Morgan fingerprint density at radius 2 is 1.97 bits per heavy atom. The van der Waals surface area contributed by atoms with Crippen LogP contribution in [0.25, 0.3) is 16.6 Å². The number of allylic oxidation sites excluding steroid dienone is 2. The molecule has 3 N–H and O–H groups in total. The molecule has 2 aliphatic rings. The summed E-state index contributed by atoms with van der Waals surface area (Å²) in [4.78, 5) is 29.0. The van der Waals surface area contributed by atoms with Crippen LogP contribution in [0.15, 0.2) is 49.1 Å². The lowest BCUT2D eigenvalue weighted by molar-refractivity contribution is 0.0769. The second kappa shape index (κ2) is 9.36. The maximum atomic E-state index is 12.9. The van der Waals surface area contributed by atoms with E-state index in [-0.39, 0.29) is 11.9 Å². The number of thiophene rings is 1. The molecular weight excluding hydrogens is 460 g/mol. The first kappa shape index (κ1) is 23.4. The number of rotatable bonds is 6. The predicted molar refractivity (Wildman–Crippen MR) is 141 cm³/mol. The van der Waals surface area contributed by atoms with Gasteiger partial charge in [0, 0.05) is 35.9 Å². The van der Waals surface area contributed by atoms with Crippen LogP contribution in [0.2, 0.25) is 0 Å². The molecule has 1 aromatic carbocycles. The van der Waals surface area contributed by atoms with Crippen molar-refractivity contribution in [3.05, 3.63) is 70.1 Å². The topological polar surface area (TPSA) is 86.6 Å². The number of carbonyl (C=O) groups excluding carboxylic acids is 2. The number of likely N-dealkylation sites (tertiary alicyclic amines) is 1. The molecule has 0 unspecified atom stereocenters. The Morgan fingerprint density at radius 1 is 1.17 bits per heavy atom. The van der Waals surface area contributed by atoms with Crippen molar-refractivity contribution in [2.45, 2.75) is 45.3 Å². The number of fused-ring (bicyclic) bond motifs is 1. The van der Waals surface area contributed by atoms with Crippen molar-refractivity contribution in [2.75, 3.05) is 18.4 Å². The number of aryl methyl sites for hydroxylation is 2. The summed E-state index contributed by atoms with van der Waals surface area (Å²) in [6, 6.07) is 10.1. The maximum Gasteiger partial charge on any atom is 0.326 e. The van der Waals surface area contributed by atoms with E-state index in [0.717, 1.165) is 51.3 Å². The SMILES string of the molecule is C=C/C=C(/Nc1ccc2c(c1)cc(C)n2C(=O)NC1CC1)c1sc(C(=O)N2CC[C@H](O)C2)cc1C. The van der Waals surface area contributed by atoms with E-state index in [9.17, 15) is 14.7 Å². The van der Waals surface area contributed by atoms with Gasteiger partial charge >= 0.3 is 6.03 Å². The first-order valence-corrected chi connectivity index (χ1v) is 12.8. The Labute approximate surface area is 208 Å². The number of hydrogen-bond acceptors (Lipinski definition) is 5. The van der Waals surface area contributed by atoms with E-state index in [2.05, 4.69) is 17.2 Å². The average molecular weight is 491 g/mol. The van der Waals surface area contributed by atoms with E-state index in [1.54, 1.807) is 15.5 Å². The minimum atomic E-state index is -0.439. The minimum Gasteiger partial charge on any atom is -0.391 e. The third kappa shape index (κ3) is 4.76. The first-order chi connectivity index (χ1) is 16.8. The molecule has 2 fully saturated rings. The van der Waals surface area contributed by atoms with Crippen molar-refractivity contribution in [2.24, 2.45) is 0 Å². The number of aliphatic hydroxyl groups is 1. The average Bonchev–Trinajstić information content (AvgIpc) is 3.22. The van der Waals surface area contributed by atoms with Gasteiger partial charge in [-0.05, 0) is 75.1 Å². The largest absolute Gasteiger partial charge is 0.391 e. The summed E-state index contributed by atoms with van der Waals surface area (Å²) in [5.41, 5.74) is 4.49. The van der Waals surface area contributed by atoms with Gasteiger partial charge in [-0.1, -0.05) is 12.7 Å². The molecular formula is C27H30N4O3S. The molecule has 3 aromatic rings. The molecule has 0 spiro atoms. The fourth-order valence-electron chi connectivity index (χ4n) is 4.55. The summed E-state index contributed by atoms with van der Waals surface area (Å²) < 4.78 is 1.73. The van der Waals surface area contributed by atoms with Crippen molar-refractivity contribution in [1.29, 1.82) is 0 Å². The predicted octanol–water partition coefficient (Wildman–Crippen LogP) is 4.89. The number of nitrogens with zero attached hydrogens (tertiary/aromatic N) is 2. The van der Waals surface area contributed by atoms with Gasteiger partial charge in [0.05, 0.1) is 27.1 Å². The molecule has 1 atom stereocenters. The van der Waals surface area contributed by atoms with Crippen molar-refractivity contribution in [3.8, 4) is 0 Å². The van der Waals surface area contributed by atoms with Gasteiger partial charge in [0.2, 0.25) is 0 Å². The van der Waals surface area contributed by atoms with E-state index < -0.39 is 6.10 Å². The highest BCUT2D eigenvalue weighted by molar-refractivity contribution is 7.15. The number of aliphatic hydroxyl groups excluding tert-OH is 1. The lowest BCUT2D eigenvalue weighted by Gasteiger charge is -2.14. The van der Waals surface area contributed by atoms with Crippen molar-refractivity contribution < 1.29 is 14.7 Å². The molecule has 8 heteroatoms. The van der Waals surface area contributed by atoms with Gasteiger partial charge < -0.3 is 20.6 Å². The number of carbonyl (C=O) groups is 2. The second-order valence-electron chi connectivity index (χ2n) is 9.38. The van der Waals surface area contributed by atoms with Crippen LogP contribution >= 0.6 is 11.3 Å². The van der Waals surface area contributed by atoms with Gasteiger partial charge in [0.1, 0.15) is 0 Å². The molecule has 3 heterocycles. The zero-order valence-electron chi connectivity index (χ0n) is 20.0. The summed E-state index contributed by atoms with van der Waals surface area (Å²) >= 11 is 1.44. The standard InChI is InChI=1S/C27H30N4O3S/c1-4-5-22(25-16(2)12-24(35-25)26(33)30-11-10-21(32)15-30)28-20-8-9-23-18(14-20)13-17(3)31(23)27(34)29-19-6-7-19/h4-5,8-9,12-14,19,21,28,32H,1,6-7,10-11,15H2,2-3H3,(H,29,34)/b22-5+/t21-/m0/s1. The molecule has 1 saturated heterocycles. The van der Waals surface area contributed by atoms with Crippen LogP contribution in [0.5, 0.6) is 0 Å². The number of hydrogen-bond donors (Lipinski definition) is 3. The van der Waals surface area contributed by atoms with Gasteiger partial charge in [-0.15, -0.1) is 11.3 Å². The molecule has 7 nitrogen and oxygen atoms in total. The summed E-state index contributed by atoms with van der Waals surface area (Å²) in [7, 11) is 0. The molecule has 0 bridgehead atoms. The van der Waals surface area contributed by atoms with Crippen molar-refractivity contribution >= 4 is 45.6 Å². The molecule has 182 valence electrons. The van der Waals surface area contributed by atoms with Crippen LogP contribution in [0.1, 0.15) is 45.1 Å². The molecule has 1 saturated carbocycles. The number of amides is 2. The lowest BCUT2D eigenvalue weighted by atomic mass is 10.2. The highest BCUT2D eigenvalue weighted by Gasteiger charge is 2.27. The van der Waals surface area contributed by atoms with E-state index in [1.807, 2.05) is 50.3 Å².